The van der Waals surface area contributed by atoms with Gasteiger partial charge in [0.1, 0.15) is 0 Å². The normalized spacial score (nSPS) is 10.1. The van der Waals surface area contributed by atoms with Gasteiger partial charge in [-0.3, -0.25) is 9.48 Å². The summed E-state index contributed by atoms with van der Waals surface area (Å²) >= 11 is 0. The Hall–Kier alpha value is -2.61. The van der Waals surface area contributed by atoms with Gasteiger partial charge in [0, 0.05) is 31.3 Å². The van der Waals surface area contributed by atoms with Crippen LogP contribution in [0.25, 0.3) is 0 Å². The number of rotatable bonds is 4. The number of nitriles is 1. The smallest absolute Gasteiger partial charge is 0.251 e. The summed E-state index contributed by atoms with van der Waals surface area (Å²) in [5, 5.41) is 16.0. The summed E-state index contributed by atoms with van der Waals surface area (Å²) in [6.45, 7) is 2.51. The van der Waals surface area contributed by atoms with Crippen LogP contribution < -0.4 is 5.32 Å². The predicted octanol–water partition coefficient (Wildman–Crippen LogP) is 1.57. The second-order valence-corrected chi connectivity index (χ2v) is 4.60. The predicted molar refractivity (Wildman–Crippen MR) is 75.1 cm³/mol. The molecule has 0 aliphatic rings. The summed E-state index contributed by atoms with van der Waals surface area (Å²) in [5.74, 6) is -0.172. The van der Waals surface area contributed by atoms with Gasteiger partial charge in [-0.1, -0.05) is 6.07 Å². The fourth-order valence-electron chi connectivity index (χ4n) is 1.89. The number of hydrogen-bond acceptors (Lipinski definition) is 3. The van der Waals surface area contributed by atoms with Crippen LogP contribution in [0, 0.1) is 18.3 Å². The zero-order chi connectivity index (χ0) is 14.5. The summed E-state index contributed by atoms with van der Waals surface area (Å²) < 4.78 is 1.81. The molecule has 0 unspecified atom stereocenters. The van der Waals surface area contributed by atoms with E-state index in [0.717, 1.165) is 11.4 Å². The van der Waals surface area contributed by atoms with Crippen molar-refractivity contribution < 1.29 is 4.79 Å². The maximum atomic E-state index is 11.9. The van der Waals surface area contributed by atoms with Crippen LogP contribution in [0.4, 0.5) is 0 Å². The third-order valence-corrected chi connectivity index (χ3v) is 3.08. The van der Waals surface area contributed by atoms with E-state index in [2.05, 4.69) is 10.4 Å². The number of carbonyl (C=O) groups excluding carboxylic acids is 1. The van der Waals surface area contributed by atoms with Gasteiger partial charge in [-0.2, -0.15) is 10.4 Å². The average Bonchev–Trinajstić information content (AvgIpc) is 2.77. The molecular formula is C15H16N4O. The molecule has 0 fully saturated rings. The Kier molecular flexibility index (Phi) is 4.16. The van der Waals surface area contributed by atoms with Gasteiger partial charge in [0.25, 0.3) is 5.91 Å². The number of carbonyl (C=O) groups is 1. The molecule has 0 bridgehead atoms. The van der Waals surface area contributed by atoms with Crippen LogP contribution in [-0.2, 0) is 13.5 Å². The molecule has 0 radical (unpaired) electrons. The molecule has 1 heterocycles. The molecule has 0 saturated carbocycles. The van der Waals surface area contributed by atoms with Crippen LogP contribution in [-0.4, -0.2) is 22.2 Å². The highest BCUT2D eigenvalue weighted by molar-refractivity contribution is 5.94. The first kappa shape index (κ1) is 13.8. The van der Waals surface area contributed by atoms with Gasteiger partial charge in [0.05, 0.1) is 17.3 Å². The zero-order valence-corrected chi connectivity index (χ0v) is 11.6. The van der Waals surface area contributed by atoms with Crippen LogP contribution in [0.3, 0.4) is 0 Å². The first-order valence-electron chi connectivity index (χ1n) is 6.38. The van der Waals surface area contributed by atoms with Crippen molar-refractivity contribution in [2.45, 2.75) is 13.3 Å². The van der Waals surface area contributed by atoms with Crippen molar-refractivity contribution in [1.29, 1.82) is 5.26 Å². The first-order valence-corrected chi connectivity index (χ1v) is 6.38. The number of nitrogens with one attached hydrogen (secondary N) is 1. The molecular weight excluding hydrogens is 252 g/mol. The standard InChI is InChI=1S/C15H16N4O/c1-11-8-14(18-19(11)2)6-7-17-15(20)13-5-3-4-12(9-13)10-16/h3-5,8-9H,6-7H2,1-2H3,(H,17,20). The van der Waals surface area contributed by atoms with E-state index < -0.39 is 0 Å². The number of amides is 1. The van der Waals surface area contributed by atoms with Crippen molar-refractivity contribution in [2.75, 3.05) is 6.54 Å². The fourth-order valence-corrected chi connectivity index (χ4v) is 1.89. The van der Waals surface area contributed by atoms with E-state index in [-0.39, 0.29) is 5.91 Å². The Morgan fingerprint density at radius 2 is 2.25 bits per heavy atom. The van der Waals surface area contributed by atoms with Gasteiger partial charge in [-0.05, 0) is 31.2 Å². The van der Waals surface area contributed by atoms with E-state index in [1.54, 1.807) is 24.3 Å². The summed E-state index contributed by atoms with van der Waals surface area (Å²) in [6, 6.07) is 10.7. The minimum atomic E-state index is -0.172. The van der Waals surface area contributed by atoms with E-state index in [1.165, 1.54) is 0 Å². The molecule has 5 heteroatoms. The van der Waals surface area contributed by atoms with Gasteiger partial charge in [0.15, 0.2) is 0 Å². The number of nitrogens with zero attached hydrogens (tertiary/aromatic N) is 3. The molecule has 0 saturated heterocycles. The largest absolute Gasteiger partial charge is 0.352 e. The van der Waals surface area contributed by atoms with Gasteiger partial charge in [-0.15, -0.1) is 0 Å². The van der Waals surface area contributed by atoms with E-state index >= 15 is 0 Å². The van der Waals surface area contributed by atoms with Crippen molar-refractivity contribution in [2.24, 2.45) is 7.05 Å². The number of hydrogen-bond donors (Lipinski definition) is 1. The second kappa shape index (κ2) is 6.02. The number of aryl methyl sites for hydroxylation is 2. The summed E-state index contributed by atoms with van der Waals surface area (Å²) in [4.78, 5) is 11.9. The maximum absolute atomic E-state index is 11.9. The lowest BCUT2D eigenvalue weighted by Crippen LogP contribution is -2.25. The van der Waals surface area contributed by atoms with Gasteiger partial charge in [0.2, 0.25) is 0 Å². The lowest BCUT2D eigenvalue weighted by Gasteiger charge is -2.04. The molecule has 0 atom stereocenters. The Morgan fingerprint density at radius 1 is 1.45 bits per heavy atom. The van der Waals surface area contributed by atoms with E-state index in [9.17, 15) is 4.79 Å². The third kappa shape index (κ3) is 3.23. The topological polar surface area (TPSA) is 70.7 Å². The Morgan fingerprint density at radius 3 is 2.90 bits per heavy atom. The van der Waals surface area contributed by atoms with Crippen molar-refractivity contribution in [1.82, 2.24) is 15.1 Å². The minimum Gasteiger partial charge on any atom is -0.352 e. The van der Waals surface area contributed by atoms with Crippen LogP contribution in [0.5, 0.6) is 0 Å². The molecule has 0 spiro atoms. The summed E-state index contributed by atoms with van der Waals surface area (Å²) in [7, 11) is 1.89. The van der Waals surface area contributed by atoms with Gasteiger partial charge >= 0.3 is 0 Å². The minimum absolute atomic E-state index is 0.172. The first-order chi connectivity index (χ1) is 9.60. The molecule has 1 aromatic carbocycles. The van der Waals surface area contributed by atoms with Gasteiger partial charge in [-0.25, -0.2) is 0 Å². The summed E-state index contributed by atoms with van der Waals surface area (Å²) in [5.41, 5.74) is 3.03. The molecule has 1 N–H and O–H groups in total. The third-order valence-electron chi connectivity index (χ3n) is 3.08. The van der Waals surface area contributed by atoms with Crippen molar-refractivity contribution >= 4 is 5.91 Å². The molecule has 1 aromatic heterocycles. The SMILES string of the molecule is Cc1cc(CCNC(=O)c2cccc(C#N)c2)nn1C. The molecule has 2 aromatic rings. The molecule has 1 amide bonds. The molecule has 0 aliphatic carbocycles. The Balaban J connectivity index is 1.90. The molecule has 5 nitrogen and oxygen atoms in total. The lowest BCUT2D eigenvalue weighted by molar-refractivity contribution is 0.0954. The fraction of sp³-hybridized carbons (Fsp3) is 0.267. The van der Waals surface area contributed by atoms with Gasteiger partial charge < -0.3 is 5.32 Å². The number of benzene rings is 1. The average molecular weight is 268 g/mol. The Bertz CT molecular complexity index is 647. The highest BCUT2D eigenvalue weighted by Crippen LogP contribution is 2.04. The molecule has 0 aliphatic heterocycles. The molecule has 2 rings (SSSR count). The Labute approximate surface area is 117 Å². The zero-order valence-electron chi connectivity index (χ0n) is 11.6. The summed E-state index contributed by atoms with van der Waals surface area (Å²) in [6.07, 6.45) is 0.686. The van der Waals surface area contributed by atoms with E-state index in [0.29, 0.717) is 24.1 Å². The quantitative estimate of drug-likeness (QED) is 0.915. The van der Waals surface area contributed by atoms with Crippen LogP contribution in [0.2, 0.25) is 0 Å². The molecule has 20 heavy (non-hydrogen) atoms. The number of aromatic nitrogens is 2. The highest BCUT2D eigenvalue weighted by Gasteiger charge is 2.06. The van der Waals surface area contributed by atoms with E-state index in [1.807, 2.05) is 30.8 Å². The highest BCUT2D eigenvalue weighted by atomic mass is 16.1. The van der Waals surface area contributed by atoms with E-state index in [4.69, 9.17) is 5.26 Å². The molecule has 102 valence electrons. The second-order valence-electron chi connectivity index (χ2n) is 4.60. The van der Waals surface area contributed by atoms with Crippen LogP contribution >= 0.6 is 0 Å². The monoisotopic (exact) mass is 268 g/mol. The van der Waals surface area contributed by atoms with Crippen LogP contribution in [0.1, 0.15) is 27.3 Å². The van der Waals surface area contributed by atoms with Crippen molar-refractivity contribution in [3.05, 3.63) is 52.8 Å². The van der Waals surface area contributed by atoms with Crippen molar-refractivity contribution in [3.8, 4) is 6.07 Å². The lowest BCUT2D eigenvalue weighted by atomic mass is 10.1. The van der Waals surface area contributed by atoms with Crippen LogP contribution in [0.15, 0.2) is 30.3 Å². The maximum Gasteiger partial charge on any atom is 0.251 e. The van der Waals surface area contributed by atoms with Crippen molar-refractivity contribution in [3.63, 3.8) is 0 Å².